The number of aliphatic hydroxyl groups is 1. The van der Waals surface area contributed by atoms with Gasteiger partial charge in [0, 0.05) is 0 Å². The summed E-state index contributed by atoms with van der Waals surface area (Å²) in [4.78, 5) is 24.5. The number of thiocarbonyl (C=S) groups is 1. The zero-order valence-electron chi connectivity index (χ0n) is 12.2. The minimum atomic E-state index is -1.55. The number of benzene rings is 1. The molecule has 1 heterocycles. The Morgan fingerprint density at radius 2 is 2.13 bits per heavy atom. The van der Waals surface area contributed by atoms with E-state index in [0.29, 0.717) is 11.5 Å². The van der Waals surface area contributed by atoms with Gasteiger partial charge in [-0.2, -0.15) is 0 Å². The molecular weight excluding hydrogens is 338 g/mol. The quantitative estimate of drug-likeness (QED) is 0.585. The minimum Gasteiger partial charge on any atom is -0.548 e. The summed E-state index contributed by atoms with van der Waals surface area (Å²) in [6.07, 6.45) is 1.61. The van der Waals surface area contributed by atoms with E-state index in [9.17, 15) is 14.7 Å². The first-order chi connectivity index (χ1) is 11.0. The lowest BCUT2D eigenvalue weighted by molar-refractivity contribution is -0.311. The van der Waals surface area contributed by atoms with Gasteiger partial charge in [0.25, 0.3) is 5.91 Å². The molecule has 23 heavy (non-hydrogen) atoms. The van der Waals surface area contributed by atoms with Crippen molar-refractivity contribution in [3.8, 4) is 5.75 Å². The van der Waals surface area contributed by atoms with E-state index in [1.807, 2.05) is 6.92 Å². The van der Waals surface area contributed by atoms with Gasteiger partial charge in [-0.3, -0.25) is 9.69 Å². The summed E-state index contributed by atoms with van der Waals surface area (Å²) in [6, 6.07) is 5.62. The Balaban J connectivity index is 2.22. The van der Waals surface area contributed by atoms with Gasteiger partial charge in [0.1, 0.15) is 16.1 Å². The number of aliphatic hydroxyl groups excluding tert-OH is 1. The average Bonchev–Trinajstić information content (AvgIpc) is 2.78. The van der Waals surface area contributed by atoms with Crippen LogP contribution < -0.4 is 9.84 Å². The lowest BCUT2D eigenvalue weighted by Gasteiger charge is -2.25. The van der Waals surface area contributed by atoms with Crippen molar-refractivity contribution >= 4 is 46.3 Å². The lowest BCUT2D eigenvalue weighted by atomic mass is 10.2. The second kappa shape index (κ2) is 7.58. The number of carboxylic acids is 1. The van der Waals surface area contributed by atoms with Gasteiger partial charge in [-0.05, 0) is 30.7 Å². The molecule has 1 aromatic rings. The van der Waals surface area contributed by atoms with Crippen LogP contribution >= 0.6 is 24.0 Å². The van der Waals surface area contributed by atoms with Gasteiger partial charge in [-0.15, -0.1) is 0 Å². The van der Waals surface area contributed by atoms with Crippen molar-refractivity contribution in [2.24, 2.45) is 0 Å². The van der Waals surface area contributed by atoms with Crippen molar-refractivity contribution in [3.05, 3.63) is 34.7 Å². The average molecular weight is 352 g/mol. The van der Waals surface area contributed by atoms with Crippen LogP contribution in [-0.2, 0) is 9.59 Å². The van der Waals surface area contributed by atoms with Crippen molar-refractivity contribution < 1.29 is 24.5 Å². The van der Waals surface area contributed by atoms with Crippen LogP contribution in [0.4, 0.5) is 0 Å². The summed E-state index contributed by atoms with van der Waals surface area (Å²) < 4.78 is 5.42. The summed E-state index contributed by atoms with van der Waals surface area (Å²) in [7, 11) is 0. The fourth-order valence-corrected chi connectivity index (χ4v) is 3.35. The number of aliphatic carboxylic acids is 1. The summed E-state index contributed by atoms with van der Waals surface area (Å²) in [6.45, 7) is 1.68. The van der Waals surface area contributed by atoms with E-state index in [1.165, 1.54) is 0 Å². The van der Waals surface area contributed by atoms with Crippen LogP contribution in [-0.4, -0.2) is 45.5 Å². The van der Waals surface area contributed by atoms with Gasteiger partial charge in [0.2, 0.25) is 0 Å². The predicted molar refractivity (Wildman–Crippen MR) is 88.5 cm³/mol. The van der Waals surface area contributed by atoms with Crippen LogP contribution in [0.25, 0.3) is 6.08 Å². The van der Waals surface area contributed by atoms with E-state index >= 15 is 0 Å². The number of carbonyl (C=O) groups excluding carboxylic acids is 2. The molecule has 2 rings (SSSR count). The second-order valence-electron chi connectivity index (χ2n) is 4.57. The number of amides is 1. The Hall–Kier alpha value is -1.90. The fraction of sp³-hybridized carbons (Fsp3) is 0.267. The van der Waals surface area contributed by atoms with Crippen LogP contribution in [0.1, 0.15) is 12.5 Å². The van der Waals surface area contributed by atoms with Crippen molar-refractivity contribution in [1.82, 2.24) is 4.90 Å². The molecule has 0 bridgehead atoms. The molecule has 0 unspecified atom stereocenters. The molecule has 0 aromatic heterocycles. The molecule has 122 valence electrons. The van der Waals surface area contributed by atoms with Crippen molar-refractivity contribution in [2.75, 3.05) is 13.2 Å². The molecular formula is C15H14NO5S2-. The fourth-order valence-electron chi connectivity index (χ4n) is 1.99. The van der Waals surface area contributed by atoms with Gasteiger partial charge >= 0.3 is 0 Å². The number of carbonyl (C=O) groups is 2. The largest absolute Gasteiger partial charge is 0.548 e. The molecule has 6 nitrogen and oxygen atoms in total. The van der Waals surface area contributed by atoms with Gasteiger partial charge in [-0.1, -0.05) is 36.1 Å². The highest BCUT2D eigenvalue weighted by Crippen LogP contribution is 2.34. The highest BCUT2D eigenvalue weighted by Gasteiger charge is 2.37. The summed E-state index contributed by atoms with van der Waals surface area (Å²) in [5.41, 5.74) is 0.753. The number of thioether (sulfide) groups is 1. The van der Waals surface area contributed by atoms with Crippen LogP contribution in [0.2, 0.25) is 0 Å². The molecule has 8 heteroatoms. The van der Waals surface area contributed by atoms with E-state index in [4.69, 9.17) is 22.1 Å². The molecule has 1 aromatic carbocycles. The molecule has 1 aliphatic heterocycles. The van der Waals surface area contributed by atoms with E-state index < -0.39 is 24.5 Å². The number of rotatable bonds is 6. The zero-order chi connectivity index (χ0) is 17.0. The number of hydrogen-bond donors (Lipinski definition) is 1. The normalized spacial score (nSPS) is 17.7. The predicted octanol–water partition coefficient (Wildman–Crippen LogP) is 0.397. The Labute approximate surface area is 142 Å². The first-order valence-corrected chi connectivity index (χ1v) is 8.02. The topological polar surface area (TPSA) is 89.9 Å². The molecule has 0 aliphatic carbocycles. The highest BCUT2D eigenvalue weighted by atomic mass is 32.2. The Kier molecular flexibility index (Phi) is 5.75. The molecule has 0 spiro atoms. The van der Waals surface area contributed by atoms with Crippen molar-refractivity contribution in [2.45, 2.75) is 13.0 Å². The molecule has 1 atom stereocenters. The third kappa shape index (κ3) is 3.90. The van der Waals surface area contributed by atoms with E-state index in [1.54, 1.807) is 30.3 Å². The zero-order valence-corrected chi connectivity index (χ0v) is 13.9. The van der Waals surface area contributed by atoms with E-state index in [0.717, 1.165) is 28.0 Å². The highest BCUT2D eigenvalue weighted by molar-refractivity contribution is 8.26. The molecule has 0 radical (unpaired) electrons. The molecule has 1 aliphatic rings. The molecule has 1 N–H and O–H groups in total. The van der Waals surface area contributed by atoms with Crippen molar-refractivity contribution in [1.29, 1.82) is 0 Å². The summed E-state index contributed by atoms with van der Waals surface area (Å²) in [5, 5.41) is 20.1. The first kappa shape index (κ1) is 17.5. The summed E-state index contributed by atoms with van der Waals surface area (Å²) in [5.74, 6) is -1.39. The lowest BCUT2D eigenvalue weighted by Crippen LogP contribution is -2.51. The van der Waals surface area contributed by atoms with Gasteiger partial charge in [-0.25, -0.2) is 0 Å². The molecule has 0 saturated carbocycles. The second-order valence-corrected chi connectivity index (χ2v) is 6.25. The van der Waals surface area contributed by atoms with Gasteiger partial charge < -0.3 is 19.7 Å². The monoisotopic (exact) mass is 352 g/mol. The maximum Gasteiger partial charge on any atom is 0.266 e. The van der Waals surface area contributed by atoms with Crippen molar-refractivity contribution in [3.63, 3.8) is 0 Å². The maximum absolute atomic E-state index is 12.3. The molecule has 1 amide bonds. The Bertz CT molecular complexity index is 656. The Morgan fingerprint density at radius 3 is 2.65 bits per heavy atom. The van der Waals surface area contributed by atoms with E-state index in [-0.39, 0.29) is 4.32 Å². The van der Waals surface area contributed by atoms with E-state index in [2.05, 4.69) is 0 Å². The summed E-state index contributed by atoms with van der Waals surface area (Å²) >= 11 is 6.02. The van der Waals surface area contributed by atoms with Crippen LogP contribution in [0.15, 0.2) is 29.2 Å². The third-order valence-corrected chi connectivity index (χ3v) is 4.40. The van der Waals surface area contributed by atoms with Crippen LogP contribution in [0.3, 0.4) is 0 Å². The van der Waals surface area contributed by atoms with Gasteiger partial charge in [0.05, 0.1) is 24.1 Å². The van der Waals surface area contributed by atoms with Gasteiger partial charge in [0.15, 0.2) is 0 Å². The molecule has 1 saturated heterocycles. The molecule has 1 fully saturated rings. The smallest absolute Gasteiger partial charge is 0.266 e. The first-order valence-electron chi connectivity index (χ1n) is 6.79. The minimum absolute atomic E-state index is 0.0791. The van der Waals surface area contributed by atoms with Crippen LogP contribution in [0.5, 0.6) is 5.75 Å². The number of hydrogen-bond acceptors (Lipinski definition) is 7. The number of ether oxygens (including phenoxy) is 1. The number of nitrogens with zero attached hydrogens (tertiary/aromatic N) is 1. The maximum atomic E-state index is 12.3. The van der Waals surface area contributed by atoms with Crippen LogP contribution in [0, 0.1) is 0 Å². The third-order valence-electron chi connectivity index (χ3n) is 3.07. The SMILES string of the molecule is CCOc1ccc(/C=C2\SC(=S)N([C@H](CO)C(=O)[O-])C2=O)cc1. The Morgan fingerprint density at radius 1 is 1.48 bits per heavy atom. The number of carboxylic acid groups (broad SMARTS) is 1. The standard InChI is InChI=1S/C15H15NO5S2/c1-2-21-10-5-3-9(4-6-10)7-12-13(18)16(15(22)23-12)11(8-17)14(19)20/h3-7,11,17H,2,8H2,1H3,(H,19,20)/p-1/b12-7-/t11-/m1/s1.